The maximum absolute atomic E-state index is 3.43. The van der Waals surface area contributed by atoms with Crippen molar-refractivity contribution < 1.29 is 0 Å². The molecule has 1 heteroatoms. The van der Waals surface area contributed by atoms with Crippen molar-refractivity contribution in [2.75, 3.05) is 0 Å². The molecule has 0 N–H and O–H groups in total. The van der Waals surface area contributed by atoms with Gasteiger partial charge >= 0.3 is 0 Å². The van der Waals surface area contributed by atoms with Gasteiger partial charge in [-0.2, -0.15) is 0 Å². The fourth-order valence-corrected chi connectivity index (χ4v) is 0.204. The first kappa shape index (κ1) is 4.70. The average Bonchev–Trinajstić information content (AvgIpc) is 1.41. The molecule has 0 rings (SSSR count). The molecule has 5 heavy (non-hydrogen) atoms. The number of rotatable bonds is 1. The van der Waals surface area contributed by atoms with Crippen LogP contribution in [-0.4, -0.2) is 10.2 Å². The highest BCUT2D eigenvalue weighted by atomic mass is 28.1. The van der Waals surface area contributed by atoms with Gasteiger partial charge in [0.05, 0.1) is 10.2 Å². The molecule has 0 saturated carbocycles. The largest absolute Gasteiger partial charge is 0.102 e. The molecule has 0 aromatic heterocycles. The minimum absolute atomic E-state index is 1.70. The van der Waals surface area contributed by atoms with E-state index in [1.807, 2.05) is 0 Å². The molecule has 3 radical (unpaired) electrons. The van der Waals surface area contributed by atoms with Crippen molar-refractivity contribution in [1.82, 2.24) is 0 Å². The third-order valence-electron chi connectivity index (χ3n) is 0.232. The van der Waals surface area contributed by atoms with Crippen molar-refractivity contribution in [3.8, 4) is 0 Å². The van der Waals surface area contributed by atoms with Crippen molar-refractivity contribution in [2.45, 2.75) is 0 Å². The second-order valence-corrected chi connectivity index (χ2v) is 0.928. The summed E-state index contributed by atoms with van der Waals surface area (Å²) in [7, 11) is 3.10. The van der Waals surface area contributed by atoms with Crippen LogP contribution < -0.4 is 0 Å². The van der Waals surface area contributed by atoms with Crippen LogP contribution in [-0.2, 0) is 0 Å². The van der Waals surface area contributed by atoms with Crippen molar-refractivity contribution in [3.05, 3.63) is 24.4 Å². The van der Waals surface area contributed by atoms with Crippen LogP contribution in [0.5, 0.6) is 0 Å². The monoisotopic (exact) mass is 81.0 g/mol. The highest BCUT2D eigenvalue weighted by molar-refractivity contribution is 6.17. The van der Waals surface area contributed by atoms with E-state index in [4.69, 9.17) is 0 Å². The smallest absolute Gasteiger partial charge is 0.0600 e. The SMILES string of the molecule is C=CC=C[Si]. The lowest BCUT2D eigenvalue weighted by Gasteiger charge is -1.55. The molecule has 0 fully saturated rings. The topological polar surface area (TPSA) is 0 Å². The lowest BCUT2D eigenvalue weighted by molar-refractivity contribution is 2.11. The molecule has 0 saturated heterocycles. The van der Waals surface area contributed by atoms with E-state index in [9.17, 15) is 0 Å². The molecule has 0 nitrogen and oxygen atoms in total. The molecule has 0 aromatic carbocycles. The predicted octanol–water partition coefficient (Wildman–Crippen LogP) is 0.855. The van der Waals surface area contributed by atoms with Crippen LogP contribution in [0.4, 0.5) is 0 Å². The zero-order valence-corrected chi connectivity index (χ0v) is 3.94. The van der Waals surface area contributed by atoms with E-state index in [1.54, 1.807) is 17.9 Å². The Morgan fingerprint density at radius 3 is 2.20 bits per heavy atom. The zero-order valence-electron chi connectivity index (χ0n) is 2.94. The molecular weight excluding hydrogens is 76.1 g/mol. The number of allylic oxidation sites excluding steroid dienone is 2. The van der Waals surface area contributed by atoms with E-state index >= 15 is 0 Å². The summed E-state index contributed by atoms with van der Waals surface area (Å²) in [6.07, 6.45) is 3.50. The first-order valence-electron chi connectivity index (χ1n) is 1.36. The van der Waals surface area contributed by atoms with Gasteiger partial charge in [-0.25, -0.2) is 0 Å². The van der Waals surface area contributed by atoms with Crippen molar-refractivity contribution in [1.29, 1.82) is 0 Å². The van der Waals surface area contributed by atoms with Gasteiger partial charge in [0, 0.05) is 0 Å². The lowest BCUT2D eigenvalue weighted by Crippen LogP contribution is -1.43. The molecule has 0 spiro atoms. The van der Waals surface area contributed by atoms with Crippen LogP contribution in [0.25, 0.3) is 0 Å². The number of hydrogen-bond acceptors (Lipinski definition) is 0. The molecule has 0 heterocycles. The van der Waals surface area contributed by atoms with Crippen molar-refractivity contribution in [2.24, 2.45) is 0 Å². The molecule has 0 aromatic rings. The predicted molar refractivity (Wildman–Crippen MR) is 25.1 cm³/mol. The Kier molecular flexibility index (Phi) is 3.47. The summed E-state index contributed by atoms with van der Waals surface area (Å²) in [6.45, 7) is 3.43. The average molecular weight is 81.2 g/mol. The van der Waals surface area contributed by atoms with Crippen molar-refractivity contribution >= 4 is 10.2 Å². The van der Waals surface area contributed by atoms with Crippen molar-refractivity contribution in [3.63, 3.8) is 0 Å². The standard InChI is InChI=1S/C4H5Si/c1-2-3-4-5/h2-4H,1H2. The van der Waals surface area contributed by atoms with E-state index in [0.717, 1.165) is 0 Å². The molecule has 0 bridgehead atoms. The maximum atomic E-state index is 3.43. The minimum atomic E-state index is 1.70. The fourth-order valence-electron chi connectivity index (χ4n) is 0.0680. The molecule has 0 atom stereocenters. The van der Waals surface area contributed by atoms with Gasteiger partial charge in [-0.1, -0.05) is 18.7 Å². The summed E-state index contributed by atoms with van der Waals surface area (Å²) in [5.41, 5.74) is 1.74. The Balaban J connectivity index is 2.92. The first-order valence-corrected chi connectivity index (χ1v) is 1.94. The summed E-state index contributed by atoms with van der Waals surface area (Å²) in [5.74, 6) is 0. The van der Waals surface area contributed by atoms with Crippen LogP contribution in [0, 0.1) is 0 Å². The Morgan fingerprint density at radius 1 is 1.60 bits per heavy atom. The van der Waals surface area contributed by atoms with E-state index in [1.165, 1.54) is 0 Å². The molecular formula is C4H5Si. The van der Waals surface area contributed by atoms with Crippen LogP contribution in [0.2, 0.25) is 0 Å². The Morgan fingerprint density at radius 2 is 2.20 bits per heavy atom. The maximum Gasteiger partial charge on any atom is 0.0600 e. The van der Waals surface area contributed by atoms with Gasteiger partial charge in [-0.15, -0.1) is 5.70 Å². The van der Waals surface area contributed by atoms with Crippen LogP contribution in [0.15, 0.2) is 24.4 Å². The Hall–Kier alpha value is -0.303. The van der Waals surface area contributed by atoms with E-state index < -0.39 is 0 Å². The zero-order chi connectivity index (χ0) is 4.12. The highest BCUT2D eigenvalue weighted by Crippen LogP contribution is 1.60. The van der Waals surface area contributed by atoms with E-state index in [0.29, 0.717) is 0 Å². The number of hydrogen-bond donors (Lipinski definition) is 0. The summed E-state index contributed by atoms with van der Waals surface area (Å²) >= 11 is 0. The quantitative estimate of drug-likeness (QED) is 0.324. The van der Waals surface area contributed by atoms with Gasteiger partial charge in [-0.05, 0) is 0 Å². The Labute approximate surface area is 35.6 Å². The third kappa shape index (κ3) is 3.70. The summed E-state index contributed by atoms with van der Waals surface area (Å²) in [4.78, 5) is 0. The fraction of sp³-hybridized carbons (Fsp3) is 0. The van der Waals surface area contributed by atoms with Gasteiger partial charge in [0.1, 0.15) is 0 Å². The summed E-state index contributed by atoms with van der Waals surface area (Å²) in [6, 6.07) is 0. The summed E-state index contributed by atoms with van der Waals surface area (Å²) < 4.78 is 0. The van der Waals surface area contributed by atoms with Gasteiger partial charge in [0.25, 0.3) is 0 Å². The van der Waals surface area contributed by atoms with Crippen LogP contribution >= 0.6 is 0 Å². The van der Waals surface area contributed by atoms with Crippen LogP contribution in [0.1, 0.15) is 0 Å². The first-order chi connectivity index (χ1) is 2.41. The van der Waals surface area contributed by atoms with E-state index in [2.05, 4.69) is 16.8 Å². The van der Waals surface area contributed by atoms with Gasteiger partial charge < -0.3 is 0 Å². The van der Waals surface area contributed by atoms with E-state index in [-0.39, 0.29) is 0 Å². The second-order valence-electron chi connectivity index (χ2n) is 0.595. The van der Waals surface area contributed by atoms with Gasteiger partial charge in [0.15, 0.2) is 0 Å². The normalized spacial score (nSPS) is 9.00. The molecule has 0 aliphatic rings. The van der Waals surface area contributed by atoms with Crippen LogP contribution in [0.3, 0.4) is 0 Å². The Bertz CT molecular complexity index is 45.6. The molecule has 25 valence electrons. The summed E-state index contributed by atoms with van der Waals surface area (Å²) in [5, 5.41) is 0. The molecule has 0 aliphatic heterocycles. The molecule has 0 aliphatic carbocycles. The minimum Gasteiger partial charge on any atom is -0.102 e. The van der Waals surface area contributed by atoms with Gasteiger partial charge in [-0.3, -0.25) is 0 Å². The molecule has 0 unspecified atom stereocenters. The molecule has 0 amide bonds. The second kappa shape index (κ2) is 3.70. The third-order valence-corrected chi connectivity index (χ3v) is 0.425. The lowest BCUT2D eigenvalue weighted by atomic mass is 10.6. The van der Waals surface area contributed by atoms with Gasteiger partial charge in [0.2, 0.25) is 0 Å². The highest BCUT2D eigenvalue weighted by Gasteiger charge is 1.42.